The fourth-order valence-corrected chi connectivity index (χ4v) is 6.44. The number of hydrogen-bond acceptors (Lipinski definition) is 3. The van der Waals surface area contributed by atoms with Crippen LogP contribution in [0.15, 0.2) is 35.5 Å². The van der Waals surface area contributed by atoms with Crippen molar-refractivity contribution in [3.05, 3.63) is 35.5 Å². The number of rotatable bonds is 1. The average molecular weight is 326 g/mol. The number of fused-ring (bicyclic) bond motifs is 5. The zero-order chi connectivity index (χ0) is 17.3. The van der Waals surface area contributed by atoms with E-state index in [1.807, 2.05) is 6.08 Å². The van der Waals surface area contributed by atoms with E-state index in [1.165, 1.54) is 5.57 Å². The molecule has 0 heterocycles. The van der Waals surface area contributed by atoms with Gasteiger partial charge in [-0.3, -0.25) is 9.59 Å². The van der Waals surface area contributed by atoms with Gasteiger partial charge < -0.3 is 5.11 Å². The Balaban J connectivity index is 1.75. The van der Waals surface area contributed by atoms with Crippen LogP contribution in [0.1, 0.15) is 46.5 Å². The Hall–Kier alpha value is -1.48. The van der Waals surface area contributed by atoms with Crippen LogP contribution in [0, 0.1) is 28.6 Å². The zero-order valence-electron chi connectivity index (χ0n) is 14.7. The highest BCUT2D eigenvalue weighted by atomic mass is 16.3. The lowest BCUT2D eigenvalue weighted by atomic mass is 9.47. The van der Waals surface area contributed by atoms with Crippen LogP contribution in [-0.2, 0) is 9.59 Å². The minimum Gasteiger partial charge on any atom is -0.393 e. The van der Waals surface area contributed by atoms with Gasteiger partial charge in [-0.15, -0.1) is 0 Å². The Bertz CT molecular complexity index is 713. The van der Waals surface area contributed by atoms with Crippen molar-refractivity contribution < 1.29 is 14.7 Å². The smallest absolute Gasteiger partial charge is 0.178 e. The first-order valence-corrected chi connectivity index (χ1v) is 9.11. The number of ketones is 2. The van der Waals surface area contributed by atoms with Crippen LogP contribution >= 0.6 is 0 Å². The molecule has 0 radical (unpaired) electrons. The van der Waals surface area contributed by atoms with E-state index in [9.17, 15) is 14.7 Å². The molecule has 4 aliphatic rings. The molecule has 128 valence electrons. The van der Waals surface area contributed by atoms with Crippen molar-refractivity contribution >= 4 is 11.6 Å². The maximum Gasteiger partial charge on any atom is 0.178 e. The number of hydrogen-bond donors (Lipinski definition) is 1. The van der Waals surface area contributed by atoms with E-state index in [0.717, 1.165) is 24.8 Å². The standard InChI is InChI=1S/C21H26O3/c1-12(22)16-6-7-17-15-5-4-13-10-14(23)8-9-20(13,2)19(15)18(24)11-21(16,17)3/h6,8-10,15,17-19,24H,4-5,7,11H2,1-3H3/t15-,17-,18-,19+,20-,21+/m0/s1. The second-order valence-corrected chi connectivity index (χ2v) is 8.62. The number of allylic oxidation sites excluding steroid dienone is 6. The van der Waals surface area contributed by atoms with Crippen molar-refractivity contribution in [2.45, 2.75) is 52.6 Å². The van der Waals surface area contributed by atoms with Crippen LogP contribution in [0.2, 0.25) is 0 Å². The van der Waals surface area contributed by atoms with Crippen LogP contribution in [0.5, 0.6) is 0 Å². The molecule has 2 saturated carbocycles. The molecule has 4 aliphatic carbocycles. The molecule has 24 heavy (non-hydrogen) atoms. The lowest BCUT2D eigenvalue weighted by Gasteiger charge is -2.58. The van der Waals surface area contributed by atoms with Gasteiger partial charge in [0, 0.05) is 16.7 Å². The normalized spacial score (nSPS) is 46.6. The van der Waals surface area contributed by atoms with Crippen molar-refractivity contribution in [1.29, 1.82) is 0 Å². The van der Waals surface area contributed by atoms with Crippen molar-refractivity contribution in [2.75, 3.05) is 0 Å². The summed E-state index contributed by atoms with van der Waals surface area (Å²) in [6.07, 6.45) is 10.7. The second-order valence-electron chi connectivity index (χ2n) is 8.62. The predicted octanol–water partition coefficient (Wildman–Crippen LogP) is 3.39. The summed E-state index contributed by atoms with van der Waals surface area (Å²) in [6.45, 7) is 6.00. The van der Waals surface area contributed by atoms with Gasteiger partial charge in [-0.25, -0.2) is 0 Å². The minimum atomic E-state index is -0.441. The molecule has 0 saturated heterocycles. The molecule has 0 aromatic carbocycles. The second kappa shape index (κ2) is 5.01. The van der Waals surface area contributed by atoms with Gasteiger partial charge in [0.15, 0.2) is 11.6 Å². The van der Waals surface area contributed by atoms with Crippen molar-refractivity contribution in [3.8, 4) is 0 Å². The molecule has 0 aromatic heterocycles. The van der Waals surface area contributed by atoms with E-state index in [-0.39, 0.29) is 28.3 Å². The molecule has 3 nitrogen and oxygen atoms in total. The highest BCUT2D eigenvalue weighted by molar-refractivity contribution is 6.01. The molecule has 1 N–H and O–H groups in total. The molecular formula is C21H26O3. The van der Waals surface area contributed by atoms with E-state index in [0.29, 0.717) is 18.3 Å². The number of Topliss-reactive ketones (excluding diaryl/α,β-unsaturated/α-hetero) is 1. The number of carbonyl (C=O) groups excluding carboxylic acids is 2. The summed E-state index contributed by atoms with van der Waals surface area (Å²) in [5, 5.41) is 11.1. The molecule has 3 heteroatoms. The maximum absolute atomic E-state index is 12.1. The number of carbonyl (C=O) groups is 2. The Kier molecular flexibility index (Phi) is 3.34. The van der Waals surface area contributed by atoms with Crippen molar-refractivity contribution in [1.82, 2.24) is 0 Å². The van der Waals surface area contributed by atoms with Gasteiger partial charge in [0.2, 0.25) is 0 Å². The van der Waals surface area contributed by atoms with Crippen LogP contribution in [-0.4, -0.2) is 22.8 Å². The molecule has 0 amide bonds. The summed E-state index contributed by atoms with van der Waals surface area (Å²) in [6, 6.07) is 0. The van der Waals surface area contributed by atoms with Crippen LogP contribution in [0.25, 0.3) is 0 Å². The van der Waals surface area contributed by atoms with E-state index < -0.39 is 6.10 Å². The predicted molar refractivity (Wildman–Crippen MR) is 92.2 cm³/mol. The molecule has 0 bridgehead atoms. The SMILES string of the molecule is CC(=O)C1=CC[C@H]2[C@@H]3CCC4=CC(=O)C=C[C@]4(C)[C@H]3[C@@H](O)C[C@]12C. The number of aliphatic hydroxyl groups is 1. The first-order chi connectivity index (χ1) is 11.3. The van der Waals surface area contributed by atoms with Crippen LogP contribution in [0.3, 0.4) is 0 Å². The topological polar surface area (TPSA) is 54.4 Å². The average Bonchev–Trinajstić information content (AvgIpc) is 2.84. The number of aliphatic hydroxyl groups excluding tert-OH is 1. The molecule has 6 atom stereocenters. The lowest BCUT2D eigenvalue weighted by Crippen LogP contribution is -2.55. The Morgan fingerprint density at radius 1 is 1.33 bits per heavy atom. The van der Waals surface area contributed by atoms with E-state index >= 15 is 0 Å². The zero-order valence-corrected chi connectivity index (χ0v) is 14.7. The largest absolute Gasteiger partial charge is 0.393 e. The Morgan fingerprint density at radius 2 is 2.08 bits per heavy atom. The summed E-state index contributed by atoms with van der Waals surface area (Å²) in [4.78, 5) is 23.9. The van der Waals surface area contributed by atoms with Crippen LogP contribution in [0.4, 0.5) is 0 Å². The molecule has 0 aliphatic heterocycles. The van der Waals surface area contributed by atoms with Gasteiger partial charge in [0.1, 0.15) is 0 Å². The first-order valence-electron chi connectivity index (χ1n) is 9.11. The molecule has 0 unspecified atom stereocenters. The van der Waals surface area contributed by atoms with Gasteiger partial charge >= 0.3 is 0 Å². The maximum atomic E-state index is 12.1. The summed E-state index contributed by atoms with van der Waals surface area (Å²) < 4.78 is 0. The van der Waals surface area contributed by atoms with Crippen LogP contribution < -0.4 is 0 Å². The quantitative estimate of drug-likeness (QED) is 0.803. The molecular weight excluding hydrogens is 300 g/mol. The molecule has 0 spiro atoms. The first kappa shape index (κ1) is 16.0. The highest BCUT2D eigenvalue weighted by Crippen LogP contribution is 2.64. The van der Waals surface area contributed by atoms with Gasteiger partial charge in [-0.2, -0.15) is 0 Å². The van der Waals surface area contributed by atoms with Gasteiger partial charge in [-0.1, -0.05) is 31.6 Å². The van der Waals surface area contributed by atoms with Gasteiger partial charge in [0.25, 0.3) is 0 Å². The van der Waals surface area contributed by atoms with Crippen molar-refractivity contribution in [3.63, 3.8) is 0 Å². The van der Waals surface area contributed by atoms with E-state index in [2.05, 4.69) is 19.9 Å². The summed E-state index contributed by atoms with van der Waals surface area (Å²) >= 11 is 0. The van der Waals surface area contributed by atoms with E-state index in [1.54, 1.807) is 19.1 Å². The summed E-state index contributed by atoms with van der Waals surface area (Å²) in [5.74, 6) is 1.18. The van der Waals surface area contributed by atoms with Crippen molar-refractivity contribution in [2.24, 2.45) is 28.6 Å². The summed E-state index contributed by atoms with van der Waals surface area (Å²) in [7, 11) is 0. The lowest BCUT2D eigenvalue weighted by molar-refractivity contribution is -0.120. The third kappa shape index (κ3) is 1.94. The monoisotopic (exact) mass is 326 g/mol. The Labute approximate surface area is 143 Å². The fraction of sp³-hybridized carbons (Fsp3) is 0.619. The molecule has 4 rings (SSSR count). The molecule has 0 aromatic rings. The van der Waals surface area contributed by atoms with Gasteiger partial charge in [-0.05, 0) is 62.2 Å². The third-order valence-corrected chi connectivity index (χ3v) is 7.46. The van der Waals surface area contributed by atoms with E-state index in [4.69, 9.17) is 0 Å². The minimum absolute atomic E-state index is 0.0671. The Morgan fingerprint density at radius 3 is 2.79 bits per heavy atom. The molecule has 2 fully saturated rings. The van der Waals surface area contributed by atoms with Gasteiger partial charge in [0.05, 0.1) is 6.10 Å². The summed E-state index contributed by atoms with van der Waals surface area (Å²) in [5.41, 5.74) is 1.68. The fourth-order valence-electron chi connectivity index (χ4n) is 6.44. The third-order valence-electron chi connectivity index (χ3n) is 7.46. The highest BCUT2D eigenvalue weighted by Gasteiger charge is 2.60.